The summed E-state index contributed by atoms with van der Waals surface area (Å²) in [6.07, 6.45) is 0. The van der Waals surface area contributed by atoms with E-state index in [1.54, 1.807) is 0 Å². The van der Waals surface area contributed by atoms with Crippen LogP contribution in [0.25, 0.3) is 9.65 Å². The Bertz CT molecular complexity index is 351. The van der Waals surface area contributed by atoms with Crippen molar-refractivity contribution >= 4 is 46.7 Å². The Kier molecular flexibility index (Phi) is 1.85. The van der Waals surface area contributed by atoms with Crippen molar-refractivity contribution in [1.82, 2.24) is 0 Å². The topological polar surface area (TPSA) is 0 Å². The van der Waals surface area contributed by atoms with Gasteiger partial charge in [-0.1, -0.05) is 0 Å². The molecule has 0 bridgehead atoms. The third kappa shape index (κ3) is 1.16. The first-order valence-electron chi connectivity index (χ1n) is 2.99. The molecule has 0 aliphatic rings. The van der Waals surface area contributed by atoms with Gasteiger partial charge in [-0.3, -0.25) is 0 Å². The maximum absolute atomic E-state index is 2.36. The first-order chi connectivity index (χ1) is 4.86. The molecule has 0 aliphatic carbocycles. The average Bonchev–Trinajstić information content (AvgIpc) is 2.33. The van der Waals surface area contributed by atoms with Gasteiger partial charge >= 0.3 is 79.5 Å². The van der Waals surface area contributed by atoms with Crippen LogP contribution in [0, 0.1) is 3.57 Å². The van der Waals surface area contributed by atoms with Crippen molar-refractivity contribution in [2.45, 2.75) is 0 Å². The molecule has 0 saturated carbocycles. The zero-order chi connectivity index (χ0) is 6.97. The molecule has 0 saturated heterocycles. The normalized spacial score (nSPS) is 10.5. The van der Waals surface area contributed by atoms with Crippen LogP contribution < -0.4 is 0 Å². The number of benzene rings is 1. The van der Waals surface area contributed by atoms with Crippen molar-refractivity contribution < 1.29 is 0 Å². The van der Waals surface area contributed by atoms with Gasteiger partial charge in [-0.2, -0.15) is 0 Å². The van der Waals surface area contributed by atoms with Crippen molar-refractivity contribution in [3.8, 4) is 0 Å². The quantitative estimate of drug-likeness (QED) is 0.518. The average molecular weight is 307 g/mol. The van der Waals surface area contributed by atoms with E-state index in [9.17, 15) is 0 Å². The van der Waals surface area contributed by atoms with E-state index in [0.717, 1.165) is 0 Å². The molecule has 0 N–H and O–H groups in total. The summed E-state index contributed by atoms with van der Waals surface area (Å²) in [5, 5.41) is 1.42. The number of rotatable bonds is 0. The van der Waals surface area contributed by atoms with E-state index in [0.29, 0.717) is 14.5 Å². The summed E-state index contributed by atoms with van der Waals surface area (Å²) in [5.74, 6) is 0. The van der Waals surface area contributed by atoms with E-state index in [-0.39, 0.29) is 0 Å². The molecule has 2 rings (SSSR count). The van der Waals surface area contributed by atoms with Crippen LogP contribution in [0.3, 0.4) is 0 Å². The molecule has 0 fully saturated rings. The number of halogens is 1. The Morgan fingerprint density at radius 1 is 1.20 bits per heavy atom. The summed E-state index contributed by atoms with van der Waals surface area (Å²) in [6, 6.07) is 8.84. The Morgan fingerprint density at radius 2 is 2.10 bits per heavy atom. The van der Waals surface area contributed by atoms with Gasteiger partial charge < -0.3 is 0 Å². The summed E-state index contributed by atoms with van der Waals surface area (Å²) < 4.78 is 2.88. The molecule has 0 unspecified atom stereocenters. The zero-order valence-corrected chi connectivity index (χ0v) is 9.04. The first-order valence-corrected chi connectivity index (χ1v) is 5.91. The molecule has 0 amide bonds. The molecule has 0 aliphatic heterocycles. The van der Waals surface area contributed by atoms with Gasteiger partial charge in [0.25, 0.3) is 0 Å². The molecule has 1 aromatic carbocycles. The number of hydrogen-bond acceptors (Lipinski definition) is 0. The molecule has 1 aromatic heterocycles. The van der Waals surface area contributed by atoms with E-state index >= 15 is 0 Å². The zero-order valence-electron chi connectivity index (χ0n) is 5.17. The molecule has 2 heteroatoms. The molecule has 0 nitrogen and oxygen atoms in total. The van der Waals surface area contributed by atoms with Crippen LogP contribution >= 0.6 is 22.6 Å². The fourth-order valence-corrected chi connectivity index (χ4v) is 3.63. The first kappa shape index (κ1) is 6.89. The van der Waals surface area contributed by atoms with Crippen LogP contribution in [0.15, 0.2) is 29.2 Å². The summed E-state index contributed by atoms with van der Waals surface area (Å²) in [7, 11) is 0. The van der Waals surface area contributed by atoms with Gasteiger partial charge in [-0.05, 0) is 0 Å². The van der Waals surface area contributed by atoms with Crippen molar-refractivity contribution in [3.05, 3.63) is 32.8 Å². The van der Waals surface area contributed by atoms with Gasteiger partial charge in [0, 0.05) is 0 Å². The van der Waals surface area contributed by atoms with Gasteiger partial charge in [-0.15, -0.1) is 0 Å². The van der Waals surface area contributed by atoms with Gasteiger partial charge in [0.05, 0.1) is 0 Å². The molecule has 1 heterocycles. The van der Waals surface area contributed by atoms with Crippen LogP contribution in [-0.2, 0) is 0 Å². The fourth-order valence-electron chi connectivity index (χ4n) is 0.929. The van der Waals surface area contributed by atoms with Crippen molar-refractivity contribution in [1.29, 1.82) is 0 Å². The molecule has 0 atom stereocenters. The van der Waals surface area contributed by atoms with Crippen LogP contribution in [0.2, 0.25) is 0 Å². The van der Waals surface area contributed by atoms with Gasteiger partial charge in [0.15, 0.2) is 0 Å². The maximum atomic E-state index is 2.36. The summed E-state index contributed by atoms with van der Waals surface area (Å²) >= 11 is 2.96. The second-order valence-corrected chi connectivity index (χ2v) is 5.34. The van der Waals surface area contributed by atoms with E-state index in [2.05, 4.69) is 51.8 Å². The molecule has 2 aromatic rings. The molecule has 0 spiro atoms. The monoisotopic (exact) mass is 308 g/mol. The van der Waals surface area contributed by atoms with Crippen LogP contribution in [0.1, 0.15) is 0 Å². The van der Waals surface area contributed by atoms with E-state index < -0.39 is 0 Å². The molecule has 10 heavy (non-hydrogen) atoms. The van der Waals surface area contributed by atoms with Crippen LogP contribution in [0.4, 0.5) is 0 Å². The van der Waals surface area contributed by atoms with E-state index in [1.807, 2.05) is 0 Å². The number of fused-ring (bicyclic) bond motifs is 1. The van der Waals surface area contributed by atoms with Crippen LogP contribution in [-0.4, -0.2) is 14.5 Å². The fraction of sp³-hybridized carbons (Fsp3) is 0. The summed E-state index contributed by atoms with van der Waals surface area (Å²) in [5.41, 5.74) is 0. The van der Waals surface area contributed by atoms with Gasteiger partial charge in [-0.25, -0.2) is 0 Å². The number of hydrogen-bond donors (Lipinski definition) is 0. The van der Waals surface area contributed by atoms with Gasteiger partial charge in [0.2, 0.25) is 0 Å². The Labute approximate surface area is 79.1 Å². The standard InChI is InChI=1S/C8H5ISe/c9-7-2-1-6-3-4-10-8(6)5-7/h1-5H. The SMILES string of the molecule is Ic1ccc2cc[se]c2c1. The van der Waals surface area contributed by atoms with Crippen molar-refractivity contribution in [2.24, 2.45) is 0 Å². The Balaban J connectivity index is 2.86. The minimum atomic E-state index is 0.608. The van der Waals surface area contributed by atoms with Gasteiger partial charge in [0.1, 0.15) is 0 Å². The third-order valence-corrected chi connectivity index (χ3v) is 3.93. The summed E-state index contributed by atoms with van der Waals surface area (Å²) in [6.45, 7) is 0. The minimum absolute atomic E-state index is 0.608. The van der Waals surface area contributed by atoms with Crippen LogP contribution in [0.5, 0.6) is 0 Å². The molecule has 50 valence electrons. The molecular weight excluding hydrogens is 302 g/mol. The van der Waals surface area contributed by atoms with Crippen molar-refractivity contribution in [2.75, 3.05) is 0 Å². The Morgan fingerprint density at radius 3 is 3.00 bits per heavy atom. The predicted octanol–water partition coefficient (Wildman–Crippen LogP) is 2.50. The molecular formula is C8H5ISe. The Hall–Kier alpha value is 0.209. The second kappa shape index (κ2) is 2.68. The van der Waals surface area contributed by atoms with Crippen molar-refractivity contribution in [3.63, 3.8) is 0 Å². The van der Waals surface area contributed by atoms with E-state index in [4.69, 9.17) is 0 Å². The third-order valence-electron chi connectivity index (χ3n) is 1.42. The molecule has 0 radical (unpaired) electrons. The predicted molar refractivity (Wildman–Crippen MR) is 53.6 cm³/mol. The summed E-state index contributed by atoms with van der Waals surface area (Å²) in [4.78, 5) is 2.27. The van der Waals surface area contributed by atoms with E-state index in [1.165, 1.54) is 13.2 Å². The second-order valence-electron chi connectivity index (χ2n) is 2.10.